The summed E-state index contributed by atoms with van der Waals surface area (Å²) in [7, 11) is -2.12. The van der Waals surface area contributed by atoms with Gasteiger partial charge in [0.2, 0.25) is 0 Å². The van der Waals surface area contributed by atoms with E-state index in [0.717, 1.165) is 5.56 Å². The maximum Gasteiger partial charge on any atom is 0.281 e. The number of aromatic amines is 1. The summed E-state index contributed by atoms with van der Waals surface area (Å²) >= 11 is 0. The number of anilines is 1. The number of imidazole rings is 1. The summed E-state index contributed by atoms with van der Waals surface area (Å²) in [6, 6.07) is 7.10. The Bertz CT molecular complexity index is 679. The van der Waals surface area contributed by atoms with E-state index in [1.54, 1.807) is 25.1 Å². The zero-order valence-electron chi connectivity index (χ0n) is 10.8. The molecule has 0 fully saturated rings. The number of hydrogen-bond donors (Lipinski definition) is 2. The maximum absolute atomic E-state index is 12.4. The molecule has 7 heteroatoms. The van der Waals surface area contributed by atoms with Crippen molar-refractivity contribution in [1.29, 1.82) is 0 Å². The average Bonchev–Trinajstić information content (AvgIpc) is 2.85. The Morgan fingerprint density at radius 1 is 1.42 bits per heavy atom. The van der Waals surface area contributed by atoms with Gasteiger partial charge in [0.05, 0.1) is 11.9 Å². The van der Waals surface area contributed by atoms with Gasteiger partial charge in [-0.25, -0.2) is 4.98 Å². The first-order valence-electron chi connectivity index (χ1n) is 5.74. The third kappa shape index (κ3) is 2.61. The molecule has 2 aromatic rings. The van der Waals surface area contributed by atoms with Gasteiger partial charge in [-0.3, -0.25) is 4.31 Å². The van der Waals surface area contributed by atoms with E-state index < -0.39 is 10.0 Å². The van der Waals surface area contributed by atoms with Crippen LogP contribution in [0.5, 0.6) is 0 Å². The van der Waals surface area contributed by atoms with E-state index in [4.69, 9.17) is 5.73 Å². The zero-order valence-corrected chi connectivity index (χ0v) is 11.6. The summed E-state index contributed by atoms with van der Waals surface area (Å²) < 4.78 is 25.9. The minimum absolute atomic E-state index is 0.0747. The van der Waals surface area contributed by atoms with Crippen LogP contribution in [-0.2, 0) is 16.6 Å². The summed E-state index contributed by atoms with van der Waals surface area (Å²) in [5, 5.41) is 0.0747. The van der Waals surface area contributed by atoms with E-state index in [0.29, 0.717) is 18.1 Å². The molecular weight excluding hydrogens is 264 g/mol. The van der Waals surface area contributed by atoms with Crippen LogP contribution in [0.1, 0.15) is 11.4 Å². The minimum Gasteiger partial charge on any atom is -0.332 e. The lowest BCUT2D eigenvalue weighted by molar-refractivity contribution is 0.591. The van der Waals surface area contributed by atoms with Gasteiger partial charge < -0.3 is 10.7 Å². The van der Waals surface area contributed by atoms with Crippen molar-refractivity contribution in [3.63, 3.8) is 0 Å². The summed E-state index contributed by atoms with van der Waals surface area (Å²) in [5.41, 5.74) is 7.00. The molecule has 0 spiro atoms. The molecule has 19 heavy (non-hydrogen) atoms. The first kappa shape index (κ1) is 13.6. The minimum atomic E-state index is -3.62. The number of aryl methyl sites for hydroxylation is 1. The lowest BCUT2D eigenvalue weighted by atomic mass is 10.2. The number of aromatic nitrogens is 2. The Hall–Kier alpha value is -1.86. The van der Waals surface area contributed by atoms with Crippen molar-refractivity contribution in [2.75, 3.05) is 11.4 Å². The predicted octanol–water partition coefficient (Wildman–Crippen LogP) is 1.00. The Balaban J connectivity index is 2.40. The van der Waals surface area contributed by atoms with Gasteiger partial charge in [0.15, 0.2) is 5.03 Å². The van der Waals surface area contributed by atoms with Crippen molar-refractivity contribution in [3.05, 3.63) is 41.9 Å². The molecule has 0 aliphatic rings. The molecule has 1 heterocycles. The number of nitrogens with one attached hydrogen (secondary N) is 1. The summed E-state index contributed by atoms with van der Waals surface area (Å²) in [6.45, 7) is 2.07. The molecule has 0 aliphatic carbocycles. The van der Waals surface area contributed by atoms with Gasteiger partial charge in [0.1, 0.15) is 5.82 Å². The topological polar surface area (TPSA) is 92.1 Å². The summed E-state index contributed by atoms with van der Waals surface area (Å²) in [6.07, 6.45) is 1.31. The lowest BCUT2D eigenvalue weighted by Crippen LogP contribution is -2.27. The number of rotatable bonds is 4. The second-order valence-corrected chi connectivity index (χ2v) is 6.12. The highest BCUT2D eigenvalue weighted by Gasteiger charge is 2.23. The van der Waals surface area contributed by atoms with Crippen molar-refractivity contribution in [1.82, 2.24) is 9.97 Å². The fourth-order valence-corrected chi connectivity index (χ4v) is 2.84. The number of hydrogen-bond acceptors (Lipinski definition) is 4. The summed E-state index contributed by atoms with van der Waals surface area (Å²) in [5.74, 6) is 0.558. The Kier molecular flexibility index (Phi) is 3.59. The van der Waals surface area contributed by atoms with Gasteiger partial charge in [-0.05, 0) is 24.6 Å². The van der Waals surface area contributed by atoms with Crippen LogP contribution < -0.4 is 10.0 Å². The number of nitrogens with two attached hydrogens (primary N) is 1. The van der Waals surface area contributed by atoms with Gasteiger partial charge in [-0.15, -0.1) is 0 Å². The van der Waals surface area contributed by atoms with Crippen molar-refractivity contribution < 1.29 is 8.42 Å². The van der Waals surface area contributed by atoms with Gasteiger partial charge in [-0.2, -0.15) is 8.42 Å². The molecule has 102 valence electrons. The van der Waals surface area contributed by atoms with E-state index in [1.165, 1.54) is 17.5 Å². The molecule has 2 rings (SSSR count). The van der Waals surface area contributed by atoms with E-state index in [-0.39, 0.29) is 5.03 Å². The van der Waals surface area contributed by atoms with Gasteiger partial charge in [0.25, 0.3) is 10.0 Å². The fourth-order valence-electron chi connectivity index (χ4n) is 1.69. The number of nitrogens with zero attached hydrogens (tertiary/aromatic N) is 2. The van der Waals surface area contributed by atoms with Crippen molar-refractivity contribution >= 4 is 15.7 Å². The van der Waals surface area contributed by atoms with Crippen LogP contribution in [0.25, 0.3) is 0 Å². The van der Waals surface area contributed by atoms with E-state index in [2.05, 4.69) is 9.97 Å². The van der Waals surface area contributed by atoms with Crippen LogP contribution in [-0.4, -0.2) is 25.4 Å². The first-order chi connectivity index (χ1) is 8.95. The smallest absolute Gasteiger partial charge is 0.281 e. The quantitative estimate of drug-likeness (QED) is 0.874. The van der Waals surface area contributed by atoms with Crippen LogP contribution in [0.3, 0.4) is 0 Å². The number of benzene rings is 1. The average molecular weight is 280 g/mol. The molecule has 3 N–H and O–H groups in total. The molecule has 0 saturated heterocycles. The SMILES string of the molecule is Cc1ncc(S(=O)(=O)N(C)c2cccc(CN)c2)[nH]1. The Morgan fingerprint density at radius 3 is 2.74 bits per heavy atom. The van der Waals surface area contributed by atoms with Gasteiger partial charge in [0, 0.05) is 13.6 Å². The Labute approximate surface area is 112 Å². The fraction of sp³-hybridized carbons (Fsp3) is 0.250. The largest absolute Gasteiger partial charge is 0.332 e. The monoisotopic (exact) mass is 280 g/mol. The highest BCUT2D eigenvalue weighted by Crippen LogP contribution is 2.21. The van der Waals surface area contributed by atoms with Crippen molar-refractivity contribution in [2.45, 2.75) is 18.5 Å². The second-order valence-electron chi connectivity index (χ2n) is 4.18. The number of sulfonamides is 1. The van der Waals surface area contributed by atoms with Crippen LogP contribution in [0.2, 0.25) is 0 Å². The highest BCUT2D eigenvalue weighted by molar-refractivity contribution is 7.92. The molecule has 0 aliphatic heterocycles. The van der Waals surface area contributed by atoms with Crippen LogP contribution >= 0.6 is 0 Å². The van der Waals surface area contributed by atoms with Crippen molar-refractivity contribution in [3.8, 4) is 0 Å². The third-order valence-corrected chi connectivity index (χ3v) is 4.52. The molecule has 6 nitrogen and oxygen atoms in total. The molecule has 0 radical (unpaired) electrons. The van der Waals surface area contributed by atoms with Gasteiger partial charge in [-0.1, -0.05) is 12.1 Å². The van der Waals surface area contributed by atoms with Crippen LogP contribution in [0.4, 0.5) is 5.69 Å². The van der Waals surface area contributed by atoms with Crippen molar-refractivity contribution in [2.24, 2.45) is 5.73 Å². The molecule has 0 unspecified atom stereocenters. The molecule has 1 aromatic heterocycles. The molecule has 1 aromatic carbocycles. The predicted molar refractivity (Wildman–Crippen MR) is 73.2 cm³/mol. The summed E-state index contributed by atoms with van der Waals surface area (Å²) in [4.78, 5) is 6.64. The van der Waals surface area contributed by atoms with Crippen LogP contribution in [0, 0.1) is 6.92 Å². The van der Waals surface area contributed by atoms with Gasteiger partial charge >= 0.3 is 0 Å². The van der Waals surface area contributed by atoms with E-state index in [9.17, 15) is 8.42 Å². The van der Waals surface area contributed by atoms with Crippen LogP contribution in [0.15, 0.2) is 35.5 Å². The molecule has 0 atom stereocenters. The first-order valence-corrected chi connectivity index (χ1v) is 7.18. The molecule has 0 bridgehead atoms. The molecule has 0 saturated carbocycles. The third-order valence-electron chi connectivity index (χ3n) is 2.83. The Morgan fingerprint density at radius 2 is 2.16 bits per heavy atom. The number of H-pyrrole nitrogens is 1. The highest BCUT2D eigenvalue weighted by atomic mass is 32.2. The van der Waals surface area contributed by atoms with E-state index in [1.807, 2.05) is 6.07 Å². The zero-order chi connectivity index (χ0) is 14.0. The molecular formula is C12H16N4O2S. The molecule has 0 amide bonds. The van der Waals surface area contributed by atoms with E-state index >= 15 is 0 Å². The standard InChI is InChI=1S/C12H16N4O2S/c1-9-14-8-12(15-9)19(17,18)16(2)11-5-3-4-10(6-11)7-13/h3-6,8H,7,13H2,1-2H3,(H,14,15). The maximum atomic E-state index is 12.4. The lowest BCUT2D eigenvalue weighted by Gasteiger charge is -2.18. The second kappa shape index (κ2) is 5.02. The normalized spacial score (nSPS) is 11.5.